The zero-order valence-electron chi connectivity index (χ0n) is 18.0. The number of aryl methyl sites for hydroxylation is 1. The zero-order chi connectivity index (χ0) is 21.3. The standard InChI is InChI=1S/C24H26N4O2S.ClH/c1-17-6-5-13-25-21(17)20-15-31-22(27-20)26-14-18-9-11-24(12-10-18)16-28(23(29)30-24)19-7-3-2-4-8-19;/h2-8,13,15,18H,9-12,14,16H2,1H3,(H,26,27);1H/t18-,24-;. The lowest BCUT2D eigenvalue weighted by Gasteiger charge is -2.35. The van der Waals surface area contributed by atoms with Crippen molar-refractivity contribution >= 4 is 40.7 Å². The van der Waals surface area contributed by atoms with Gasteiger partial charge in [0.15, 0.2) is 5.13 Å². The first-order valence-corrected chi connectivity index (χ1v) is 11.7. The summed E-state index contributed by atoms with van der Waals surface area (Å²) in [4.78, 5) is 23.4. The van der Waals surface area contributed by atoms with Gasteiger partial charge in [-0.3, -0.25) is 9.88 Å². The van der Waals surface area contributed by atoms with Gasteiger partial charge in [-0.1, -0.05) is 24.3 Å². The SMILES string of the molecule is Cc1cccnc1-c1csc(NC[C@H]2CC[C@]3(CC2)CN(c2ccccc2)C(=O)O3)n1.Cl. The normalized spacial score (nSPS) is 22.5. The molecule has 0 atom stereocenters. The second kappa shape index (κ2) is 9.46. The molecule has 3 heterocycles. The van der Waals surface area contributed by atoms with Gasteiger partial charge in [-0.25, -0.2) is 9.78 Å². The number of hydrogen-bond acceptors (Lipinski definition) is 6. The Morgan fingerprint density at radius 3 is 2.72 bits per heavy atom. The molecule has 1 spiro atoms. The first kappa shape index (κ1) is 22.6. The van der Waals surface area contributed by atoms with E-state index in [9.17, 15) is 4.79 Å². The number of ether oxygens (including phenoxy) is 1. The van der Waals surface area contributed by atoms with Crippen molar-refractivity contribution in [3.63, 3.8) is 0 Å². The van der Waals surface area contributed by atoms with Gasteiger partial charge in [0.25, 0.3) is 0 Å². The van der Waals surface area contributed by atoms with Gasteiger partial charge in [-0.05, 0) is 62.3 Å². The number of aromatic nitrogens is 2. The van der Waals surface area contributed by atoms with Gasteiger partial charge < -0.3 is 10.1 Å². The minimum absolute atomic E-state index is 0. The maximum Gasteiger partial charge on any atom is 0.415 e. The Hall–Kier alpha value is -2.64. The van der Waals surface area contributed by atoms with Gasteiger partial charge in [0.1, 0.15) is 11.3 Å². The molecule has 8 heteroatoms. The van der Waals surface area contributed by atoms with Crippen LogP contribution in [0.2, 0.25) is 0 Å². The van der Waals surface area contributed by atoms with Crippen LogP contribution in [0, 0.1) is 12.8 Å². The third-order valence-electron chi connectivity index (χ3n) is 6.35. The summed E-state index contributed by atoms with van der Waals surface area (Å²) < 4.78 is 5.88. The number of halogens is 1. The topological polar surface area (TPSA) is 67.4 Å². The highest BCUT2D eigenvalue weighted by Gasteiger charge is 2.47. The van der Waals surface area contributed by atoms with Gasteiger partial charge >= 0.3 is 6.09 Å². The largest absolute Gasteiger partial charge is 0.441 e. The van der Waals surface area contributed by atoms with Crippen LogP contribution in [-0.4, -0.2) is 34.8 Å². The number of anilines is 2. The molecule has 1 aliphatic carbocycles. The number of nitrogens with zero attached hydrogens (tertiary/aromatic N) is 3. The molecule has 1 amide bonds. The van der Waals surface area contributed by atoms with Crippen LogP contribution in [0.15, 0.2) is 54.0 Å². The van der Waals surface area contributed by atoms with Crippen LogP contribution >= 0.6 is 23.7 Å². The number of hydrogen-bond donors (Lipinski definition) is 1. The Morgan fingerprint density at radius 1 is 1.19 bits per heavy atom. The van der Waals surface area contributed by atoms with E-state index in [0.29, 0.717) is 12.5 Å². The molecule has 6 nitrogen and oxygen atoms in total. The molecule has 5 rings (SSSR count). The van der Waals surface area contributed by atoms with E-state index in [1.807, 2.05) is 36.4 Å². The zero-order valence-corrected chi connectivity index (χ0v) is 19.6. The molecule has 0 radical (unpaired) electrons. The molecule has 1 aliphatic heterocycles. The number of amides is 1. The van der Waals surface area contributed by atoms with E-state index in [1.165, 1.54) is 0 Å². The number of benzene rings is 1. The summed E-state index contributed by atoms with van der Waals surface area (Å²) in [6, 6.07) is 13.8. The number of nitrogens with one attached hydrogen (secondary N) is 1. The van der Waals surface area contributed by atoms with Gasteiger partial charge in [0.05, 0.1) is 12.2 Å². The Labute approximate surface area is 198 Å². The minimum Gasteiger partial charge on any atom is -0.441 e. The van der Waals surface area contributed by atoms with E-state index in [1.54, 1.807) is 22.4 Å². The fraction of sp³-hybridized carbons (Fsp3) is 0.375. The lowest BCUT2D eigenvalue weighted by atomic mass is 9.78. The van der Waals surface area contributed by atoms with E-state index >= 15 is 0 Å². The minimum atomic E-state index is -0.339. The summed E-state index contributed by atoms with van der Waals surface area (Å²) in [6.45, 7) is 3.59. The average Bonchev–Trinajstić information content (AvgIpc) is 3.39. The molecule has 0 bridgehead atoms. The molecular weight excluding hydrogens is 444 g/mol. The maximum atomic E-state index is 12.5. The molecule has 2 aliphatic rings. The lowest BCUT2D eigenvalue weighted by Crippen LogP contribution is -2.39. The van der Waals surface area contributed by atoms with Crippen LogP contribution in [0.3, 0.4) is 0 Å². The second-order valence-electron chi connectivity index (χ2n) is 8.50. The highest BCUT2D eigenvalue weighted by atomic mass is 35.5. The quantitative estimate of drug-likeness (QED) is 0.500. The van der Waals surface area contributed by atoms with Crippen LogP contribution in [0.5, 0.6) is 0 Å². The van der Waals surface area contributed by atoms with Crippen LogP contribution in [0.1, 0.15) is 31.2 Å². The number of carbonyl (C=O) groups is 1. The highest BCUT2D eigenvalue weighted by Crippen LogP contribution is 2.41. The molecule has 1 saturated heterocycles. The molecule has 3 aromatic rings. The smallest absolute Gasteiger partial charge is 0.415 e. The summed E-state index contributed by atoms with van der Waals surface area (Å²) in [7, 11) is 0. The molecule has 1 aromatic carbocycles. The van der Waals surface area contributed by atoms with Crippen LogP contribution in [-0.2, 0) is 4.74 Å². The Bertz CT molecular complexity index is 1070. The molecule has 0 unspecified atom stereocenters. The molecule has 2 aromatic heterocycles. The molecule has 2 fully saturated rings. The summed E-state index contributed by atoms with van der Waals surface area (Å²) >= 11 is 1.62. The maximum absolute atomic E-state index is 12.5. The summed E-state index contributed by atoms with van der Waals surface area (Å²) in [5.74, 6) is 0.555. The third kappa shape index (κ3) is 4.59. The van der Waals surface area contributed by atoms with Gasteiger partial charge in [-0.15, -0.1) is 23.7 Å². The molecule has 1 N–H and O–H groups in total. The molecule has 32 heavy (non-hydrogen) atoms. The van der Waals surface area contributed by atoms with Crippen molar-refractivity contribution in [3.8, 4) is 11.4 Å². The highest BCUT2D eigenvalue weighted by molar-refractivity contribution is 7.14. The first-order valence-electron chi connectivity index (χ1n) is 10.8. The molecule has 1 saturated carbocycles. The van der Waals surface area contributed by atoms with E-state index in [-0.39, 0.29) is 24.1 Å². The fourth-order valence-electron chi connectivity index (χ4n) is 4.55. The summed E-state index contributed by atoms with van der Waals surface area (Å²) in [5.41, 5.74) is 3.57. The van der Waals surface area contributed by atoms with Gasteiger partial charge in [-0.2, -0.15) is 0 Å². The average molecular weight is 471 g/mol. The van der Waals surface area contributed by atoms with Crippen molar-refractivity contribution < 1.29 is 9.53 Å². The predicted molar refractivity (Wildman–Crippen MR) is 131 cm³/mol. The van der Waals surface area contributed by atoms with E-state index in [2.05, 4.69) is 28.7 Å². The van der Waals surface area contributed by atoms with Crippen LogP contribution in [0.4, 0.5) is 15.6 Å². The summed E-state index contributed by atoms with van der Waals surface area (Å²) in [6.07, 6.45) is 5.49. The fourth-order valence-corrected chi connectivity index (χ4v) is 5.25. The van der Waals surface area contributed by atoms with Gasteiger partial charge in [0, 0.05) is 23.8 Å². The number of rotatable bonds is 5. The summed E-state index contributed by atoms with van der Waals surface area (Å²) in [5, 5.41) is 6.50. The van der Waals surface area contributed by atoms with Crippen molar-refractivity contribution in [2.45, 2.75) is 38.2 Å². The Morgan fingerprint density at radius 2 is 1.97 bits per heavy atom. The van der Waals surface area contributed by atoms with Crippen molar-refractivity contribution in [3.05, 3.63) is 59.6 Å². The molecular formula is C24H27ClN4O2S. The lowest BCUT2D eigenvalue weighted by molar-refractivity contribution is 0.0148. The van der Waals surface area contributed by atoms with Crippen molar-refractivity contribution in [1.29, 1.82) is 0 Å². The Balaban J connectivity index is 0.00000245. The number of carbonyl (C=O) groups excluding carboxylic acids is 1. The van der Waals surface area contributed by atoms with E-state index < -0.39 is 0 Å². The van der Waals surface area contributed by atoms with Crippen LogP contribution < -0.4 is 10.2 Å². The monoisotopic (exact) mass is 470 g/mol. The van der Waals surface area contributed by atoms with Crippen LogP contribution in [0.25, 0.3) is 11.4 Å². The Kier molecular flexibility index (Phi) is 6.67. The third-order valence-corrected chi connectivity index (χ3v) is 7.15. The van der Waals surface area contributed by atoms with Gasteiger partial charge in [0.2, 0.25) is 0 Å². The van der Waals surface area contributed by atoms with Crippen molar-refractivity contribution in [2.24, 2.45) is 5.92 Å². The van der Waals surface area contributed by atoms with Crippen molar-refractivity contribution in [1.82, 2.24) is 9.97 Å². The van der Waals surface area contributed by atoms with E-state index in [0.717, 1.165) is 60.0 Å². The number of para-hydroxylation sites is 1. The predicted octanol–water partition coefficient (Wildman–Crippen LogP) is 5.93. The first-order chi connectivity index (χ1) is 15.1. The second-order valence-corrected chi connectivity index (χ2v) is 9.36. The van der Waals surface area contributed by atoms with Crippen molar-refractivity contribution in [2.75, 3.05) is 23.3 Å². The van der Waals surface area contributed by atoms with E-state index in [4.69, 9.17) is 9.72 Å². The number of thiazole rings is 1. The number of pyridine rings is 1. The molecule has 168 valence electrons.